The van der Waals surface area contributed by atoms with E-state index in [0.29, 0.717) is 45.0 Å². The van der Waals surface area contributed by atoms with Crippen LogP contribution in [0.1, 0.15) is 36.7 Å². The van der Waals surface area contributed by atoms with E-state index >= 15 is 0 Å². The first-order chi connectivity index (χ1) is 17.4. The monoisotopic (exact) mass is 568 g/mol. The lowest BCUT2D eigenvalue weighted by atomic mass is 10.2. The number of rotatable bonds is 9. The van der Waals surface area contributed by atoms with Gasteiger partial charge < -0.3 is 4.74 Å². The van der Waals surface area contributed by atoms with Gasteiger partial charge in [0.1, 0.15) is 18.2 Å². The third-order valence-electron chi connectivity index (χ3n) is 5.43. The normalized spacial score (nSPS) is 11.3. The highest BCUT2D eigenvalue weighted by Crippen LogP contribution is 2.24. The topological polar surface area (TPSA) is 99.6 Å². The molecule has 3 aromatic carbocycles. The van der Waals surface area contributed by atoms with Gasteiger partial charge in [-0.2, -0.15) is 9.78 Å². The van der Waals surface area contributed by atoms with Gasteiger partial charge in [-0.3, -0.25) is 14.9 Å². The molecule has 36 heavy (non-hydrogen) atoms. The summed E-state index contributed by atoms with van der Waals surface area (Å²) in [6, 6.07) is 16.7. The van der Waals surface area contributed by atoms with Crippen LogP contribution in [0.25, 0.3) is 10.9 Å². The smallest absolute Gasteiger partial charge is 0.282 e. The van der Waals surface area contributed by atoms with Crippen molar-refractivity contribution in [2.24, 2.45) is 5.10 Å². The molecule has 4 aromatic rings. The van der Waals surface area contributed by atoms with Gasteiger partial charge in [0.05, 0.1) is 22.0 Å². The van der Waals surface area contributed by atoms with E-state index in [2.05, 4.69) is 32.9 Å². The molecule has 8 nitrogen and oxygen atoms in total. The molecule has 0 unspecified atom stereocenters. The van der Waals surface area contributed by atoms with E-state index in [1.807, 2.05) is 6.07 Å². The molecule has 0 amide bonds. The number of unbranched alkanes of at least 4 members (excludes halogenated alkanes) is 1. The van der Waals surface area contributed by atoms with E-state index < -0.39 is 4.92 Å². The van der Waals surface area contributed by atoms with Crippen LogP contribution in [0, 0.1) is 10.1 Å². The van der Waals surface area contributed by atoms with Crippen LogP contribution in [0.3, 0.4) is 0 Å². The van der Waals surface area contributed by atoms with Crippen LogP contribution in [-0.2, 0) is 13.0 Å². The Kier molecular flexibility index (Phi) is 8.12. The maximum Gasteiger partial charge on any atom is 0.282 e. The molecule has 0 fully saturated rings. The van der Waals surface area contributed by atoms with Gasteiger partial charge >= 0.3 is 0 Å². The van der Waals surface area contributed by atoms with E-state index in [4.69, 9.17) is 16.3 Å². The second kappa shape index (κ2) is 11.5. The fourth-order valence-corrected chi connectivity index (χ4v) is 4.14. The first-order valence-corrected chi connectivity index (χ1v) is 12.4. The molecule has 0 atom stereocenters. The molecular weight excluding hydrogens is 548 g/mol. The molecule has 0 aliphatic carbocycles. The van der Waals surface area contributed by atoms with Gasteiger partial charge in [-0.1, -0.05) is 53.0 Å². The predicted octanol–water partition coefficient (Wildman–Crippen LogP) is 6.52. The van der Waals surface area contributed by atoms with Crippen molar-refractivity contribution in [1.29, 1.82) is 0 Å². The quantitative estimate of drug-likeness (QED) is 0.130. The minimum atomic E-state index is -0.451. The highest BCUT2D eigenvalue weighted by molar-refractivity contribution is 9.10. The fraction of sp³-hybridized carbons (Fsp3) is 0.192. The molecule has 0 spiro atoms. The van der Waals surface area contributed by atoms with E-state index in [-0.39, 0.29) is 17.9 Å². The number of nitrogens with zero attached hydrogens (tertiary/aromatic N) is 4. The van der Waals surface area contributed by atoms with Crippen molar-refractivity contribution in [2.75, 3.05) is 0 Å². The average Bonchev–Trinajstić information content (AvgIpc) is 2.87. The van der Waals surface area contributed by atoms with Crippen LogP contribution < -0.4 is 10.3 Å². The lowest BCUT2D eigenvalue weighted by molar-refractivity contribution is -0.384. The lowest BCUT2D eigenvalue weighted by Crippen LogP contribution is -2.22. The van der Waals surface area contributed by atoms with Gasteiger partial charge in [0.15, 0.2) is 0 Å². The number of nitro benzene ring substituents is 1. The second-order valence-corrected chi connectivity index (χ2v) is 9.40. The molecule has 1 aromatic heterocycles. The summed E-state index contributed by atoms with van der Waals surface area (Å²) in [6.45, 7) is 2.18. The standard InChI is InChI=1S/C26H22BrClN4O4/c1-2-3-7-25-30-23-10-8-19(27)14-22(23)26(33)31(25)29-15-18-13-20(28)9-11-24(18)36-16-17-5-4-6-21(12-17)32(34)35/h4-6,8-15H,2-3,7,16H2,1H3. The maximum atomic E-state index is 13.3. The first-order valence-electron chi connectivity index (χ1n) is 11.3. The third-order valence-corrected chi connectivity index (χ3v) is 6.16. The molecule has 4 rings (SSSR count). The number of hydrogen-bond acceptors (Lipinski definition) is 6. The third kappa shape index (κ3) is 5.98. The first kappa shape index (κ1) is 25.5. The van der Waals surface area contributed by atoms with E-state index in [0.717, 1.165) is 17.3 Å². The summed E-state index contributed by atoms with van der Waals surface area (Å²) in [5.41, 5.74) is 1.53. The Balaban J connectivity index is 1.69. The molecule has 0 bridgehead atoms. The predicted molar refractivity (Wildman–Crippen MR) is 144 cm³/mol. The zero-order chi connectivity index (χ0) is 25.7. The summed E-state index contributed by atoms with van der Waals surface area (Å²) < 4.78 is 8.02. The Hall–Kier alpha value is -3.56. The summed E-state index contributed by atoms with van der Waals surface area (Å²) in [6.07, 6.45) is 3.92. The summed E-state index contributed by atoms with van der Waals surface area (Å²) >= 11 is 9.63. The number of hydrogen-bond donors (Lipinski definition) is 0. The zero-order valence-corrected chi connectivity index (χ0v) is 21.7. The van der Waals surface area contributed by atoms with Crippen molar-refractivity contribution in [3.05, 3.63) is 108 Å². The number of benzene rings is 3. The Labute approximate surface area is 220 Å². The van der Waals surface area contributed by atoms with E-state index in [1.54, 1.807) is 42.5 Å². The van der Waals surface area contributed by atoms with Crippen molar-refractivity contribution in [3.8, 4) is 5.75 Å². The lowest BCUT2D eigenvalue weighted by Gasteiger charge is -2.11. The van der Waals surface area contributed by atoms with Crippen LogP contribution in [0.4, 0.5) is 5.69 Å². The Morgan fingerprint density at radius 3 is 2.81 bits per heavy atom. The van der Waals surface area contributed by atoms with Gasteiger partial charge in [-0.25, -0.2) is 4.98 Å². The molecule has 0 saturated heterocycles. The van der Waals surface area contributed by atoms with Crippen LogP contribution in [0.5, 0.6) is 5.75 Å². The number of halogens is 2. The summed E-state index contributed by atoms with van der Waals surface area (Å²) in [4.78, 5) is 28.6. The minimum absolute atomic E-state index is 0.0107. The van der Waals surface area contributed by atoms with Crippen LogP contribution in [-0.4, -0.2) is 20.8 Å². The Morgan fingerprint density at radius 2 is 2.03 bits per heavy atom. The van der Waals surface area contributed by atoms with Gasteiger partial charge in [-0.15, -0.1) is 0 Å². The molecule has 0 aliphatic rings. The van der Waals surface area contributed by atoms with Crippen molar-refractivity contribution >= 4 is 50.3 Å². The van der Waals surface area contributed by atoms with Crippen molar-refractivity contribution in [3.63, 3.8) is 0 Å². The number of nitro groups is 1. The van der Waals surface area contributed by atoms with Crippen LogP contribution in [0.2, 0.25) is 5.02 Å². The van der Waals surface area contributed by atoms with Crippen molar-refractivity contribution in [1.82, 2.24) is 9.66 Å². The Morgan fingerprint density at radius 1 is 1.19 bits per heavy atom. The summed E-state index contributed by atoms with van der Waals surface area (Å²) in [5.74, 6) is 1.03. The SMILES string of the molecule is CCCCc1nc2ccc(Br)cc2c(=O)n1N=Cc1cc(Cl)ccc1OCc1cccc([N+](=O)[O-])c1. The molecule has 184 valence electrons. The minimum Gasteiger partial charge on any atom is -0.488 e. The van der Waals surface area contributed by atoms with Gasteiger partial charge in [0, 0.05) is 33.6 Å². The number of aromatic nitrogens is 2. The molecular formula is C26H22BrClN4O4. The van der Waals surface area contributed by atoms with Crippen molar-refractivity contribution in [2.45, 2.75) is 32.8 Å². The molecule has 0 saturated carbocycles. The summed E-state index contributed by atoms with van der Waals surface area (Å²) in [5, 5.41) is 16.5. The van der Waals surface area contributed by atoms with Gasteiger partial charge in [0.25, 0.3) is 11.2 Å². The van der Waals surface area contributed by atoms with Gasteiger partial charge in [0.2, 0.25) is 0 Å². The zero-order valence-electron chi connectivity index (χ0n) is 19.4. The molecule has 0 N–H and O–H groups in total. The molecule has 10 heteroatoms. The largest absolute Gasteiger partial charge is 0.488 e. The van der Waals surface area contributed by atoms with Crippen molar-refractivity contribution < 1.29 is 9.66 Å². The average molecular weight is 570 g/mol. The van der Waals surface area contributed by atoms with Crippen LogP contribution >= 0.6 is 27.5 Å². The van der Waals surface area contributed by atoms with E-state index in [1.165, 1.54) is 23.0 Å². The van der Waals surface area contributed by atoms with Crippen LogP contribution in [0.15, 0.2) is 75.0 Å². The Bertz CT molecular complexity index is 1520. The van der Waals surface area contributed by atoms with Gasteiger partial charge in [-0.05, 0) is 48.4 Å². The molecule has 1 heterocycles. The number of fused-ring (bicyclic) bond motifs is 1. The number of ether oxygens (including phenoxy) is 1. The van der Waals surface area contributed by atoms with E-state index in [9.17, 15) is 14.9 Å². The number of aryl methyl sites for hydroxylation is 1. The summed E-state index contributed by atoms with van der Waals surface area (Å²) in [7, 11) is 0. The maximum absolute atomic E-state index is 13.3. The molecule has 0 aliphatic heterocycles. The molecule has 0 radical (unpaired) electrons. The highest BCUT2D eigenvalue weighted by Gasteiger charge is 2.12. The second-order valence-electron chi connectivity index (χ2n) is 8.05. The number of non-ortho nitro benzene ring substituents is 1. The highest BCUT2D eigenvalue weighted by atomic mass is 79.9. The fourth-order valence-electron chi connectivity index (χ4n) is 3.60.